The van der Waals surface area contributed by atoms with E-state index in [0.29, 0.717) is 0 Å². The monoisotopic (exact) mass is 1070 g/mol. The van der Waals surface area contributed by atoms with Crippen LogP contribution in [0.15, 0.2) is 97.1 Å². The van der Waals surface area contributed by atoms with Gasteiger partial charge in [0, 0.05) is 0 Å². The molecule has 8 aromatic rings. The molecule has 0 aromatic heterocycles. The molecule has 0 atom stereocenters. The minimum Gasteiger partial charge on any atom is -0.165 e. The third-order valence-corrected chi connectivity index (χ3v) is 9.57. The molecule has 60 heavy (non-hydrogen) atoms. The number of aryl methyl sites for hydroxylation is 12. The van der Waals surface area contributed by atoms with Crippen molar-refractivity contribution in [3.8, 4) is 0 Å². The van der Waals surface area contributed by atoms with E-state index in [4.69, 9.17) is 0 Å². The Balaban J connectivity index is 0. The van der Waals surface area contributed by atoms with Crippen LogP contribution in [0.25, 0.3) is 43.1 Å². The summed E-state index contributed by atoms with van der Waals surface area (Å²) in [6.07, 6.45) is 0. The number of halogens is 4. The summed E-state index contributed by atoms with van der Waals surface area (Å²) in [4.78, 5) is 0. The molecule has 8 aromatic carbocycles. The van der Waals surface area contributed by atoms with E-state index in [2.05, 4.69) is 206 Å². The predicted octanol–water partition coefficient (Wildman–Crippen LogP) is 17.2. The quantitative estimate of drug-likeness (QED) is 0.105. The first kappa shape index (κ1) is 60.8. The van der Waals surface area contributed by atoms with Gasteiger partial charge in [-0.25, -0.2) is 0 Å². The van der Waals surface area contributed by atoms with Crippen LogP contribution in [0.5, 0.6) is 0 Å². The van der Waals surface area contributed by atoms with Crippen LogP contribution in [-0.2, 0) is 46.7 Å². The molecule has 0 unspecified atom stereocenters. The second-order valence-corrected chi connectivity index (χ2v) is 35.2. The maximum atomic E-state index is 2.31. The minimum absolute atomic E-state index is 0. The van der Waals surface area contributed by atoms with Gasteiger partial charge in [-0.15, -0.1) is 176 Å². The van der Waals surface area contributed by atoms with Gasteiger partial charge in [-0.05, 0) is 55.4 Å². The fourth-order valence-corrected chi connectivity index (χ4v) is 6.97. The van der Waals surface area contributed by atoms with E-state index < -0.39 is 0 Å². The molecule has 8 heteroatoms. The van der Waals surface area contributed by atoms with Crippen molar-refractivity contribution in [1.82, 2.24) is 0 Å². The standard InChI is InChI=1S/4C12H13.2C2H6Si.4ClH.2Zr/c2*1-8-4-11-6-9(2)10(3)7-12(11)5-8;2*1-8-4-10(3)12-7-9(2)6-11(12)5-8;2*1-3-2;;;;;;/h4*4-7H,1-3H3;2*1-2H3;4*1H;;/q4*-1;;;;;;;2*+2. The molecule has 0 nitrogen and oxygen atoms in total. The second kappa shape index (κ2) is 28.5. The summed E-state index contributed by atoms with van der Waals surface area (Å²) in [6.45, 7) is 35.1. The van der Waals surface area contributed by atoms with Gasteiger partial charge in [0.05, 0.1) is 0 Å². The van der Waals surface area contributed by atoms with Crippen molar-refractivity contribution >= 4 is 104 Å². The first-order valence-electron chi connectivity index (χ1n) is 19.7. The minimum atomic E-state index is 0. The Morgan fingerprint density at radius 3 is 0.867 bits per heavy atom. The van der Waals surface area contributed by atoms with Gasteiger partial charge in [-0.2, -0.15) is 24.3 Å². The Bertz CT molecular complexity index is 2330. The summed E-state index contributed by atoms with van der Waals surface area (Å²) >= 11 is 3.48. The summed E-state index contributed by atoms with van der Waals surface area (Å²) in [5.74, 6) is 0. The van der Waals surface area contributed by atoms with Gasteiger partial charge >= 0.3 is 83.7 Å². The third kappa shape index (κ3) is 19.6. The Hall–Kier alpha value is -1.32. The molecule has 0 N–H and O–H groups in total. The van der Waals surface area contributed by atoms with Crippen LogP contribution in [0.1, 0.15) is 66.8 Å². The number of hydrogen-bond donors (Lipinski definition) is 0. The van der Waals surface area contributed by atoms with Crippen molar-refractivity contribution in [2.24, 2.45) is 0 Å². The number of benzene rings is 4. The topological polar surface area (TPSA) is 0 Å². The van der Waals surface area contributed by atoms with E-state index in [1.165, 1.54) is 110 Å². The fourth-order valence-electron chi connectivity index (χ4n) is 6.97. The largest absolute Gasteiger partial charge is 0.165 e. The summed E-state index contributed by atoms with van der Waals surface area (Å²) in [7, 11) is 0. The summed E-state index contributed by atoms with van der Waals surface area (Å²) < 4.78 is 0. The van der Waals surface area contributed by atoms with Gasteiger partial charge in [0.2, 0.25) is 0 Å². The molecule has 0 saturated carbocycles. The van der Waals surface area contributed by atoms with Gasteiger partial charge in [0.25, 0.3) is 0 Å². The molecule has 0 fully saturated rings. The first-order valence-corrected chi connectivity index (χ1v) is 32.1. The fraction of sp³-hybridized carbons (Fsp3) is 0.308. The molecule has 0 aliphatic heterocycles. The van der Waals surface area contributed by atoms with Gasteiger partial charge in [0.15, 0.2) is 0 Å². The number of rotatable bonds is 0. The predicted molar refractivity (Wildman–Crippen MR) is 279 cm³/mol. The van der Waals surface area contributed by atoms with Crippen molar-refractivity contribution in [1.29, 1.82) is 0 Å². The van der Waals surface area contributed by atoms with Crippen molar-refractivity contribution in [3.63, 3.8) is 0 Å². The number of hydrogen-bond acceptors (Lipinski definition) is 0. The van der Waals surface area contributed by atoms with Crippen LogP contribution in [-0.4, -0.2) is 10.9 Å². The zero-order chi connectivity index (χ0) is 42.0. The SMILES string of the molecule is C[Si](C)=[Zr+2].C[Si](C)=[Zr+2].Cc1cc(C)c2cc(C)[cH-]c2c1.Cc1cc(C)c2cc(C)[cH-]c2c1.Cc1cc2cc(C)c(C)cc2[cH-]1.Cc1cc2cc(C)c(C)cc2[cH-]1.Cl.Cl.Cl.Cl. The third-order valence-electron chi connectivity index (χ3n) is 9.57. The molecular formula is C52H68Cl4Si2Zr2. The Kier molecular flexibility index (Phi) is 28.8. The van der Waals surface area contributed by atoms with Crippen LogP contribution < -0.4 is 0 Å². The van der Waals surface area contributed by atoms with Crippen LogP contribution in [0.2, 0.25) is 26.2 Å². The normalized spacial score (nSPS) is 9.67. The zero-order valence-corrected chi connectivity index (χ0v) is 49.1. The smallest absolute Gasteiger partial charge is 0.0411 e. The zero-order valence-electron chi connectivity index (χ0n) is 38.9. The molecule has 0 saturated heterocycles. The first-order chi connectivity index (χ1) is 26.1. The van der Waals surface area contributed by atoms with Gasteiger partial charge < -0.3 is 0 Å². The summed E-state index contributed by atoms with van der Waals surface area (Å²) in [6, 6.07) is 36.0. The average molecular weight is 1070 g/mol. The molecule has 0 aliphatic rings. The molecule has 8 rings (SSSR count). The average Bonchev–Trinajstić information content (AvgIpc) is 3.82. The maximum absolute atomic E-state index is 2.31. The van der Waals surface area contributed by atoms with Crippen LogP contribution in [0, 0.1) is 83.1 Å². The maximum Gasteiger partial charge on any atom is -0.0411 e. The Labute approximate surface area is 419 Å². The van der Waals surface area contributed by atoms with Gasteiger partial charge in [0.1, 0.15) is 0 Å². The summed E-state index contributed by atoms with van der Waals surface area (Å²) in [5.41, 5.74) is 16.9. The van der Waals surface area contributed by atoms with E-state index in [-0.39, 0.29) is 60.5 Å². The molecule has 0 radical (unpaired) electrons. The van der Waals surface area contributed by atoms with Crippen molar-refractivity contribution < 1.29 is 46.7 Å². The van der Waals surface area contributed by atoms with Crippen LogP contribution in [0.4, 0.5) is 0 Å². The van der Waals surface area contributed by atoms with Crippen molar-refractivity contribution in [2.75, 3.05) is 0 Å². The van der Waals surface area contributed by atoms with Gasteiger partial charge in [-0.1, -0.05) is 84.3 Å². The number of fused-ring (bicyclic) bond motifs is 4. The molecule has 0 heterocycles. The molecule has 0 aliphatic carbocycles. The molecular weight excluding hydrogens is 1010 g/mol. The Morgan fingerprint density at radius 2 is 0.567 bits per heavy atom. The molecule has 0 spiro atoms. The molecule has 0 bridgehead atoms. The molecule has 0 amide bonds. The molecule has 320 valence electrons. The van der Waals surface area contributed by atoms with Crippen molar-refractivity contribution in [2.45, 2.75) is 109 Å². The Morgan fingerprint density at radius 1 is 0.317 bits per heavy atom. The second-order valence-electron chi connectivity index (χ2n) is 16.4. The van der Waals surface area contributed by atoms with Crippen LogP contribution in [0.3, 0.4) is 0 Å². The van der Waals surface area contributed by atoms with E-state index in [0.717, 1.165) is 0 Å². The van der Waals surface area contributed by atoms with E-state index in [9.17, 15) is 0 Å². The van der Waals surface area contributed by atoms with Crippen LogP contribution >= 0.6 is 49.6 Å². The van der Waals surface area contributed by atoms with E-state index >= 15 is 0 Å². The summed E-state index contributed by atoms with van der Waals surface area (Å²) in [5, 5.41) is 11.0. The van der Waals surface area contributed by atoms with Crippen molar-refractivity contribution in [3.05, 3.63) is 164 Å². The van der Waals surface area contributed by atoms with E-state index in [1.54, 1.807) is 46.7 Å². The van der Waals surface area contributed by atoms with Gasteiger partial charge in [-0.3, -0.25) is 0 Å². The van der Waals surface area contributed by atoms with E-state index in [1.807, 2.05) is 0 Å².